The Hall–Kier alpha value is -1.60. The van der Waals surface area contributed by atoms with Crippen molar-refractivity contribution < 1.29 is 23.1 Å². The number of rotatable bonds is 2. The lowest BCUT2D eigenvalue weighted by Gasteiger charge is -2.08. The van der Waals surface area contributed by atoms with E-state index in [1.807, 2.05) is 0 Å². The molecule has 19 heavy (non-hydrogen) atoms. The van der Waals surface area contributed by atoms with Crippen LogP contribution in [0.5, 0.6) is 0 Å². The predicted molar refractivity (Wildman–Crippen MR) is 66.1 cm³/mol. The zero-order chi connectivity index (χ0) is 14.4. The SMILES string of the molecule is Cc1sc2cc(C(F)(F)F)ccc2c1C(N)C(=O)O. The molecule has 2 rings (SSSR count). The van der Waals surface area contributed by atoms with E-state index < -0.39 is 23.8 Å². The number of carboxylic acid groups (broad SMARTS) is 1. The maximum Gasteiger partial charge on any atom is 0.416 e. The lowest BCUT2D eigenvalue weighted by atomic mass is 10.0. The Labute approximate surface area is 110 Å². The maximum absolute atomic E-state index is 12.6. The molecule has 0 spiro atoms. The Kier molecular flexibility index (Phi) is 3.27. The van der Waals surface area contributed by atoms with Crippen molar-refractivity contribution in [1.29, 1.82) is 0 Å². The number of benzene rings is 1. The van der Waals surface area contributed by atoms with E-state index in [0.717, 1.165) is 23.5 Å². The van der Waals surface area contributed by atoms with Gasteiger partial charge in [-0.05, 0) is 24.4 Å². The molecule has 102 valence electrons. The Morgan fingerprint density at radius 1 is 1.42 bits per heavy atom. The number of fused-ring (bicyclic) bond motifs is 1. The molecule has 0 radical (unpaired) electrons. The van der Waals surface area contributed by atoms with Crippen LogP contribution in [0.1, 0.15) is 22.0 Å². The molecule has 3 N–H and O–H groups in total. The molecule has 0 aliphatic heterocycles. The van der Waals surface area contributed by atoms with Crippen LogP contribution in [0.3, 0.4) is 0 Å². The van der Waals surface area contributed by atoms with Crippen molar-refractivity contribution >= 4 is 27.4 Å². The second kappa shape index (κ2) is 4.50. The fraction of sp³-hybridized carbons (Fsp3) is 0.250. The molecule has 0 saturated heterocycles. The van der Waals surface area contributed by atoms with Crippen molar-refractivity contribution in [1.82, 2.24) is 0 Å². The minimum atomic E-state index is -4.42. The van der Waals surface area contributed by atoms with Gasteiger partial charge < -0.3 is 10.8 Å². The summed E-state index contributed by atoms with van der Waals surface area (Å²) in [7, 11) is 0. The molecule has 1 heterocycles. The maximum atomic E-state index is 12.6. The van der Waals surface area contributed by atoms with E-state index in [1.54, 1.807) is 6.92 Å². The van der Waals surface area contributed by atoms with Gasteiger partial charge in [0, 0.05) is 15.1 Å². The molecule has 0 aliphatic rings. The molecular formula is C12H10F3NO2S. The number of hydrogen-bond donors (Lipinski definition) is 2. The highest BCUT2D eigenvalue weighted by molar-refractivity contribution is 7.19. The van der Waals surface area contributed by atoms with Crippen molar-refractivity contribution in [3.8, 4) is 0 Å². The second-order valence-corrected chi connectivity index (χ2v) is 5.35. The Morgan fingerprint density at radius 3 is 2.58 bits per heavy atom. The monoisotopic (exact) mass is 289 g/mol. The molecule has 0 saturated carbocycles. The standard InChI is InChI=1S/C12H10F3NO2S/c1-5-9(10(16)11(17)18)7-3-2-6(12(13,14)15)4-8(7)19-5/h2-4,10H,16H2,1H3,(H,17,18). The summed E-state index contributed by atoms with van der Waals surface area (Å²) in [6.45, 7) is 1.65. The molecule has 0 bridgehead atoms. The first-order valence-corrected chi connectivity index (χ1v) is 6.12. The van der Waals surface area contributed by atoms with E-state index in [1.165, 1.54) is 6.07 Å². The van der Waals surface area contributed by atoms with Gasteiger partial charge in [-0.25, -0.2) is 0 Å². The third-order valence-corrected chi connectivity index (χ3v) is 3.90. The number of alkyl halides is 3. The van der Waals surface area contributed by atoms with Gasteiger partial charge >= 0.3 is 12.1 Å². The van der Waals surface area contributed by atoms with Gasteiger partial charge in [-0.3, -0.25) is 4.79 Å². The molecule has 3 nitrogen and oxygen atoms in total. The quantitative estimate of drug-likeness (QED) is 0.891. The Balaban J connectivity index is 2.64. The van der Waals surface area contributed by atoms with Crippen LogP contribution in [0.15, 0.2) is 18.2 Å². The van der Waals surface area contributed by atoms with Gasteiger partial charge in [-0.2, -0.15) is 13.2 Å². The van der Waals surface area contributed by atoms with Crippen LogP contribution < -0.4 is 5.73 Å². The van der Waals surface area contributed by atoms with Crippen LogP contribution in [0.2, 0.25) is 0 Å². The van der Waals surface area contributed by atoms with Crippen molar-refractivity contribution in [2.24, 2.45) is 5.73 Å². The van der Waals surface area contributed by atoms with E-state index in [-0.39, 0.29) is 0 Å². The van der Waals surface area contributed by atoms with Crippen LogP contribution in [-0.2, 0) is 11.0 Å². The zero-order valence-corrected chi connectivity index (χ0v) is 10.6. The van der Waals surface area contributed by atoms with Crippen molar-refractivity contribution in [3.05, 3.63) is 34.2 Å². The van der Waals surface area contributed by atoms with Crippen molar-refractivity contribution in [2.45, 2.75) is 19.1 Å². The van der Waals surface area contributed by atoms with Gasteiger partial charge in [0.2, 0.25) is 0 Å². The van der Waals surface area contributed by atoms with Gasteiger partial charge in [0.15, 0.2) is 0 Å². The first kappa shape index (κ1) is 13.8. The third-order valence-electron chi connectivity index (χ3n) is 2.82. The topological polar surface area (TPSA) is 63.3 Å². The molecule has 0 aliphatic carbocycles. The van der Waals surface area contributed by atoms with Crippen LogP contribution in [0, 0.1) is 6.92 Å². The summed E-state index contributed by atoms with van der Waals surface area (Å²) in [5.41, 5.74) is 5.18. The lowest BCUT2D eigenvalue weighted by molar-refractivity contribution is -0.139. The number of thiophene rings is 1. The van der Waals surface area contributed by atoms with Gasteiger partial charge in [0.05, 0.1) is 5.56 Å². The van der Waals surface area contributed by atoms with E-state index in [2.05, 4.69) is 0 Å². The first-order valence-electron chi connectivity index (χ1n) is 5.30. The summed E-state index contributed by atoms with van der Waals surface area (Å²) in [5, 5.41) is 9.38. The highest BCUT2D eigenvalue weighted by Gasteiger charge is 2.31. The number of aryl methyl sites for hydroxylation is 1. The number of halogens is 3. The molecule has 0 fully saturated rings. The summed E-state index contributed by atoms with van der Waals surface area (Å²) in [6, 6.07) is 2.00. The summed E-state index contributed by atoms with van der Waals surface area (Å²) in [6.07, 6.45) is -4.42. The number of nitrogens with two attached hydrogens (primary N) is 1. The fourth-order valence-electron chi connectivity index (χ4n) is 1.93. The van der Waals surface area contributed by atoms with E-state index in [9.17, 15) is 18.0 Å². The lowest BCUT2D eigenvalue weighted by Crippen LogP contribution is -2.20. The molecule has 1 aromatic heterocycles. The second-order valence-electron chi connectivity index (χ2n) is 4.10. The number of aliphatic carboxylic acids is 1. The number of hydrogen-bond acceptors (Lipinski definition) is 3. The largest absolute Gasteiger partial charge is 0.480 e. The highest BCUT2D eigenvalue weighted by Crippen LogP contribution is 2.38. The minimum Gasteiger partial charge on any atom is -0.480 e. The molecule has 1 aromatic carbocycles. The average Bonchev–Trinajstić information content (AvgIpc) is 2.61. The van der Waals surface area contributed by atoms with Gasteiger partial charge in [-0.15, -0.1) is 11.3 Å². The van der Waals surface area contributed by atoms with Gasteiger partial charge in [-0.1, -0.05) is 6.07 Å². The van der Waals surface area contributed by atoms with E-state index in [4.69, 9.17) is 10.8 Å². The summed E-state index contributed by atoms with van der Waals surface area (Å²) < 4.78 is 38.2. The fourth-order valence-corrected chi connectivity index (χ4v) is 3.08. The van der Waals surface area contributed by atoms with Gasteiger partial charge in [0.1, 0.15) is 6.04 Å². The normalized spacial score (nSPS) is 13.7. The molecular weight excluding hydrogens is 279 g/mol. The summed E-state index contributed by atoms with van der Waals surface area (Å²) in [5.74, 6) is -1.21. The number of carboxylic acids is 1. The van der Waals surface area contributed by atoms with E-state index >= 15 is 0 Å². The number of carbonyl (C=O) groups is 1. The Bertz CT molecular complexity index is 648. The zero-order valence-electron chi connectivity index (χ0n) is 9.78. The average molecular weight is 289 g/mol. The van der Waals surface area contributed by atoms with E-state index in [0.29, 0.717) is 20.5 Å². The predicted octanol–water partition coefficient (Wildman–Crippen LogP) is 3.31. The van der Waals surface area contributed by atoms with Crippen LogP contribution in [-0.4, -0.2) is 11.1 Å². The van der Waals surface area contributed by atoms with Gasteiger partial charge in [0.25, 0.3) is 0 Å². The van der Waals surface area contributed by atoms with Crippen molar-refractivity contribution in [2.75, 3.05) is 0 Å². The van der Waals surface area contributed by atoms with Crippen LogP contribution >= 0.6 is 11.3 Å². The van der Waals surface area contributed by atoms with Crippen LogP contribution in [0.4, 0.5) is 13.2 Å². The first-order chi connectivity index (χ1) is 8.71. The summed E-state index contributed by atoms with van der Waals surface area (Å²) >= 11 is 1.11. The van der Waals surface area contributed by atoms with Crippen molar-refractivity contribution in [3.63, 3.8) is 0 Å². The molecule has 1 unspecified atom stereocenters. The summed E-state index contributed by atoms with van der Waals surface area (Å²) in [4.78, 5) is 11.5. The highest BCUT2D eigenvalue weighted by atomic mass is 32.1. The third kappa shape index (κ3) is 2.43. The van der Waals surface area contributed by atoms with Crippen LogP contribution in [0.25, 0.3) is 10.1 Å². The Morgan fingerprint density at radius 2 is 2.05 bits per heavy atom. The molecule has 2 aromatic rings. The smallest absolute Gasteiger partial charge is 0.416 e. The molecule has 1 atom stereocenters. The molecule has 0 amide bonds. The molecule has 7 heteroatoms. The minimum absolute atomic E-state index is 0.376.